The number of nitrogens with one attached hydrogen (secondary N) is 1. The standard InChI is InChI=1S/C13H29NO3/c1-5-13(2,3)14-7-10-16-8-6-9-17-12-11-15-4/h14H,5-12H2,1-4H3. The molecule has 17 heavy (non-hydrogen) atoms. The van der Waals surface area contributed by atoms with Crippen LogP contribution in [0.15, 0.2) is 0 Å². The SMILES string of the molecule is CCC(C)(C)NCCOCCCOCCOC. The quantitative estimate of drug-likeness (QED) is 0.534. The molecule has 0 aliphatic rings. The fraction of sp³-hybridized carbons (Fsp3) is 1.00. The maximum Gasteiger partial charge on any atom is 0.0700 e. The molecule has 0 unspecified atom stereocenters. The summed E-state index contributed by atoms with van der Waals surface area (Å²) in [7, 11) is 1.68. The summed E-state index contributed by atoms with van der Waals surface area (Å²) >= 11 is 0. The number of hydrogen-bond acceptors (Lipinski definition) is 4. The van der Waals surface area contributed by atoms with E-state index >= 15 is 0 Å². The van der Waals surface area contributed by atoms with Gasteiger partial charge >= 0.3 is 0 Å². The van der Waals surface area contributed by atoms with Gasteiger partial charge in [0.1, 0.15) is 0 Å². The molecular formula is C13H29NO3. The molecule has 0 saturated carbocycles. The van der Waals surface area contributed by atoms with Gasteiger partial charge in [0.2, 0.25) is 0 Å². The molecule has 0 rings (SSSR count). The Kier molecular flexibility index (Phi) is 10.9. The predicted molar refractivity (Wildman–Crippen MR) is 70.5 cm³/mol. The smallest absolute Gasteiger partial charge is 0.0700 e. The molecule has 0 fully saturated rings. The van der Waals surface area contributed by atoms with Crippen molar-refractivity contribution >= 4 is 0 Å². The molecule has 0 heterocycles. The summed E-state index contributed by atoms with van der Waals surface area (Å²) in [6.07, 6.45) is 2.07. The average molecular weight is 247 g/mol. The Hall–Kier alpha value is -0.160. The van der Waals surface area contributed by atoms with Gasteiger partial charge in [-0.05, 0) is 26.7 Å². The fourth-order valence-corrected chi connectivity index (χ4v) is 1.20. The third-order valence-electron chi connectivity index (χ3n) is 2.74. The molecule has 0 spiro atoms. The highest BCUT2D eigenvalue weighted by Crippen LogP contribution is 2.05. The zero-order chi connectivity index (χ0) is 13.0. The lowest BCUT2D eigenvalue weighted by Gasteiger charge is -2.24. The third kappa shape index (κ3) is 12.1. The van der Waals surface area contributed by atoms with E-state index in [0.29, 0.717) is 13.2 Å². The molecule has 104 valence electrons. The van der Waals surface area contributed by atoms with Crippen molar-refractivity contribution in [1.82, 2.24) is 5.32 Å². The number of ether oxygens (including phenoxy) is 3. The summed E-state index contributed by atoms with van der Waals surface area (Å²) in [6, 6.07) is 0. The lowest BCUT2D eigenvalue weighted by Crippen LogP contribution is -2.40. The highest BCUT2D eigenvalue weighted by Gasteiger charge is 2.12. The van der Waals surface area contributed by atoms with Crippen molar-refractivity contribution in [3.63, 3.8) is 0 Å². The minimum atomic E-state index is 0.215. The van der Waals surface area contributed by atoms with Gasteiger partial charge in [-0.3, -0.25) is 0 Å². The monoisotopic (exact) mass is 247 g/mol. The number of methoxy groups -OCH3 is 1. The van der Waals surface area contributed by atoms with Crippen LogP contribution in [0, 0.1) is 0 Å². The van der Waals surface area contributed by atoms with Gasteiger partial charge in [-0.2, -0.15) is 0 Å². The van der Waals surface area contributed by atoms with E-state index in [2.05, 4.69) is 26.1 Å². The van der Waals surface area contributed by atoms with Gasteiger partial charge in [0.15, 0.2) is 0 Å². The Bertz CT molecular complexity index is 163. The molecule has 0 saturated heterocycles. The van der Waals surface area contributed by atoms with Crippen LogP contribution in [0.4, 0.5) is 0 Å². The molecule has 0 aliphatic heterocycles. The van der Waals surface area contributed by atoms with Crippen LogP contribution in [0.1, 0.15) is 33.6 Å². The maximum atomic E-state index is 5.51. The van der Waals surface area contributed by atoms with Crippen LogP contribution in [0.3, 0.4) is 0 Å². The Morgan fingerprint density at radius 2 is 1.59 bits per heavy atom. The Morgan fingerprint density at radius 3 is 2.18 bits per heavy atom. The largest absolute Gasteiger partial charge is 0.382 e. The molecule has 0 aromatic carbocycles. The van der Waals surface area contributed by atoms with Crippen LogP contribution in [-0.4, -0.2) is 52.2 Å². The fourth-order valence-electron chi connectivity index (χ4n) is 1.20. The molecule has 0 radical (unpaired) electrons. The first kappa shape index (κ1) is 16.8. The third-order valence-corrected chi connectivity index (χ3v) is 2.74. The van der Waals surface area contributed by atoms with Crippen molar-refractivity contribution in [3.8, 4) is 0 Å². The van der Waals surface area contributed by atoms with Gasteiger partial charge < -0.3 is 19.5 Å². The molecular weight excluding hydrogens is 218 g/mol. The first-order valence-electron chi connectivity index (χ1n) is 6.52. The predicted octanol–water partition coefficient (Wildman–Crippen LogP) is 1.83. The number of rotatable bonds is 12. The van der Waals surface area contributed by atoms with Crippen molar-refractivity contribution in [2.24, 2.45) is 0 Å². The lowest BCUT2D eigenvalue weighted by atomic mass is 10.0. The van der Waals surface area contributed by atoms with Gasteiger partial charge in [0.25, 0.3) is 0 Å². The summed E-state index contributed by atoms with van der Waals surface area (Å²) in [4.78, 5) is 0. The van der Waals surface area contributed by atoms with E-state index in [1.807, 2.05) is 0 Å². The van der Waals surface area contributed by atoms with E-state index in [1.165, 1.54) is 0 Å². The molecule has 4 nitrogen and oxygen atoms in total. The molecule has 0 aliphatic carbocycles. The van der Waals surface area contributed by atoms with Gasteiger partial charge in [-0.1, -0.05) is 6.92 Å². The normalized spacial score (nSPS) is 12.0. The molecule has 4 heteroatoms. The van der Waals surface area contributed by atoms with Crippen molar-refractivity contribution in [1.29, 1.82) is 0 Å². The molecule has 1 N–H and O–H groups in total. The molecule has 0 bridgehead atoms. The van der Waals surface area contributed by atoms with E-state index in [-0.39, 0.29) is 5.54 Å². The van der Waals surface area contributed by atoms with E-state index < -0.39 is 0 Å². The Labute approximate surface area is 106 Å². The summed E-state index contributed by atoms with van der Waals surface area (Å²) in [5.41, 5.74) is 0.215. The number of hydrogen-bond donors (Lipinski definition) is 1. The first-order valence-corrected chi connectivity index (χ1v) is 6.52. The van der Waals surface area contributed by atoms with Crippen molar-refractivity contribution in [2.75, 3.05) is 46.7 Å². The molecule has 0 atom stereocenters. The second-order valence-electron chi connectivity index (χ2n) is 4.74. The summed E-state index contributed by atoms with van der Waals surface area (Å²) in [5, 5.41) is 3.45. The minimum absolute atomic E-state index is 0.215. The average Bonchev–Trinajstić information content (AvgIpc) is 2.31. The molecule has 0 aromatic rings. The van der Waals surface area contributed by atoms with Gasteiger partial charge in [0.05, 0.1) is 19.8 Å². The van der Waals surface area contributed by atoms with Crippen LogP contribution >= 0.6 is 0 Å². The molecule has 0 amide bonds. The summed E-state index contributed by atoms with van der Waals surface area (Å²) < 4.78 is 15.7. The highest BCUT2D eigenvalue weighted by molar-refractivity contribution is 4.74. The second-order valence-corrected chi connectivity index (χ2v) is 4.74. The van der Waals surface area contributed by atoms with E-state index in [4.69, 9.17) is 14.2 Å². The molecule has 0 aromatic heterocycles. The zero-order valence-corrected chi connectivity index (χ0v) is 11.9. The lowest BCUT2D eigenvalue weighted by molar-refractivity contribution is 0.0511. The van der Waals surface area contributed by atoms with Crippen molar-refractivity contribution < 1.29 is 14.2 Å². The van der Waals surface area contributed by atoms with E-state index in [1.54, 1.807) is 7.11 Å². The minimum Gasteiger partial charge on any atom is -0.382 e. The summed E-state index contributed by atoms with van der Waals surface area (Å²) in [6.45, 7) is 11.1. The van der Waals surface area contributed by atoms with Crippen LogP contribution in [0.5, 0.6) is 0 Å². The highest BCUT2D eigenvalue weighted by atomic mass is 16.5. The topological polar surface area (TPSA) is 39.7 Å². The van der Waals surface area contributed by atoms with E-state index in [0.717, 1.165) is 39.2 Å². The van der Waals surface area contributed by atoms with Gasteiger partial charge in [-0.25, -0.2) is 0 Å². The van der Waals surface area contributed by atoms with Gasteiger partial charge in [-0.15, -0.1) is 0 Å². The summed E-state index contributed by atoms with van der Waals surface area (Å²) in [5.74, 6) is 0. The maximum absolute atomic E-state index is 5.51. The van der Waals surface area contributed by atoms with Crippen molar-refractivity contribution in [2.45, 2.75) is 39.2 Å². The second kappa shape index (κ2) is 11.0. The Morgan fingerprint density at radius 1 is 0.941 bits per heavy atom. The zero-order valence-electron chi connectivity index (χ0n) is 11.9. The van der Waals surface area contributed by atoms with Crippen LogP contribution in [-0.2, 0) is 14.2 Å². The van der Waals surface area contributed by atoms with Gasteiger partial charge in [0, 0.05) is 32.4 Å². The van der Waals surface area contributed by atoms with Crippen LogP contribution in [0.25, 0.3) is 0 Å². The Balaban J connectivity index is 3.09. The van der Waals surface area contributed by atoms with Crippen molar-refractivity contribution in [3.05, 3.63) is 0 Å². The van der Waals surface area contributed by atoms with E-state index in [9.17, 15) is 0 Å². The van der Waals surface area contributed by atoms with Crippen LogP contribution in [0.2, 0.25) is 0 Å². The van der Waals surface area contributed by atoms with Crippen LogP contribution < -0.4 is 5.32 Å². The first-order chi connectivity index (χ1) is 8.12.